The highest BCUT2D eigenvalue weighted by Crippen LogP contribution is 2.45. The number of halogens is 2. The lowest BCUT2D eigenvalue weighted by Crippen LogP contribution is -2.49. The molecule has 2 aliphatic rings. The Morgan fingerprint density at radius 1 is 1.14 bits per heavy atom. The van der Waals surface area contributed by atoms with Gasteiger partial charge in [-0.3, -0.25) is 19.7 Å². The van der Waals surface area contributed by atoms with Crippen molar-refractivity contribution in [1.82, 2.24) is 14.1 Å². The Hall–Kier alpha value is -4.44. The van der Waals surface area contributed by atoms with Crippen molar-refractivity contribution in [1.29, 1.82) is 0 Å². The van der Waals surface area contributed by atoms with Crippen LogP contribution >= 0.6 is 0 Å². The van der Waals surface area contributed by atoms with Crippen LogP contribution in [0.2, 0.25) is 0 Å². The quantitative estimate of drug-likeness (QED) is 0.265. The van der Waals surface area contributed by atoms with Gasteiger partial charge in [0.05, 0.1) is 29.2 Å². The number of carbonyl (C=O) groups excluding carboxylic acids is 1. The van der Waals surface area contributed by atoms with E-state index in [4.69, 9.17) is 10.5 Å². The first-order chi connectivity index (χ1) is 20.3. The highest BCUT2D eigenvalue weighted by atomic mass is 32.2. The van der Waals surface area contributed by atoms with Gasteiger partial charge in [0.1, 0.15) is 22.9 Å². The van der Waals surface area contributed by atoms with Gasteiger partial charge in [0, 0.05) is 43.2 Å². The summed E-state index contributed by atoms with van der Waals surface area (Å²) in [5.41, 5.74) is 3.36. The molecule has 0 atom stereocenters. The van der Waals surface area contributed by atoms with Crippen molar-refractivity contribution in [3.8, 4) is 11.4 Å². The summed E-state index contributed by atoms with van der Waals surface area (Å²) in [5.74, 6) is -3.62. The third-order valence-electron chi connectivity index (χ3n) is 7.55. The standard InChI is InChI=1S/C27H28F2N6O7S/c1-27(5-6-27)16-42-24-22(14-31-34(26(24)37)20-12-18(28)11-19(29)13-20)32-7-9-33(10-8-32)43(40,41)15-17-3-2-4-21(25(30)36)23(17)35(38)39/h2-4,11-14H,5-10,15-16H2,1H3,(H2,30,36). The number of aromatic nitrogens is 2. The van der Waals surface area contributed by atoms with Gasteiger partial charge in [-0.1, -0.05) is 19.1 Å². The van der Waals surface area contributed by atoms with E-state index in [2.05, 4.69) is 5.10 Å². The number of primary amides is 1. The van der Waals surface area contributed by atoms with Gasteiger partial charge in [-0.05, 0) is 31.0 Å². The largest absolute Gasteiger partial charge is 0.486 e. The number of hydrogen-bond donors (Lipinski definition) is 1. The van der Waals surface area contributed by atoms with E-state index in [0.717, 1.165) is 35.7 Å². The van der Waals surface area contributed by atoms with Crippen LogP contribution in [0.1, 0.15) is 35.7 Å². The van der Waals surface area contributed by atoms with Crippen molar-refractivity contribution in [3.63, 3.8) is 0 Å². The number of hydrogen-bond acceptors (Lipinski definition) is 9. The minimum absolute atomic E-state index is 0.0268. The van der Waals surface area contributed by atoms with Crippen LogP contribution in [0.25, 0.3) is 5.69 Å². The number of nitro groups is 1. The Morgan fingerprint density at radius 2 is 1.79 bits per heavy atom. The second-order valence-electron chi connectivity index (χ2n) is 10.9. The summed E-state index contributed by atoms with van der Waals surface area (Å²) in [4.78, 5) is 37.7. The molecule has 1 aliphatic carbocycles. The van der Waals surface area contributed by atoms with Crippen LogP contribution in [-0.4, -0.2) is 66.1 Å². The summed E-state index contributed by atoms with van der Waals surface area (Å²) in [6.45, 7) is 2.42. The van der Waals surface area contributed by atoms with Crippen LogP contribution in [0.15, 0.2) is 47.4 Å². The van der Waals surface area contributed by atoms with Crippen molar-refractivity contribution >= 4 is 27.3 Å². The molecule has 0 unspecified atom stereocenters. The van der Waals surface area contributed by atoms with Crippen molar-refractivity contribution in [3.05, 3.63) is 85.8 Å². The predicted octanol–water partition coefficient (Wildman–Crippen LogP) is 2.35. The molecule has 2 N–H and O–H groups in total. The molecule has 43 heavy (non-hydrogen) atoms. The minimum Gasteiger partial charge on any atom is -0.486 e. The van der Waals surface area contributed by atoms with E-state index in [1.807, 2.05) is 6.92 Å². The number of carbonyl (C=O) groups is 1. The number of sulfonamides is 1. The summed E-state index contributed by atoms with van der Waals surface area (Å²) < 4.78 is 62.3. The monoisotopic (exact) mass is 618 g/mol. The Bertz CT molecular complexity index is 1750. The minimum atomic E-state index is -4.06. The highest BCUT2D eigenvalue weighted by Gasteiger charge is 2.39. The Morgan fingerprint density at radius 3 is 2.37 bits per heavy atom. The Labute approximate surface area is 244 Å². The van der Waals surface area contributed by atoms with Gasteiger partial charge in [0.2, 0.25) is 15.8 Å². The molecule has 1 aliphatic heterocycles. The molecule has 3 aromatic rings. The third-order valence-corrected chi connectivity index (χ3v) is 9.38. The molecule has 1 saturated carbocycles. The zero-order valence-electron chi connectivity index (χ0n) is 23.0. The van der Waals surface area contributed by atoms with Crippen molar-refractivity contribution in [2.24, 2.45) is 11.1 Å². The maximum absolute atomic E-state index is 13.9. The van der Waals surface area contributed by atoms with E-state index in [1.54, 1.807) is 4.90 Å². The van der Waals surface area contributed by atoms with Crippen LogP contribution < -0.4 is 20.9 Å². The molecular weight excluding hydrogens is 590 g/mol. The van der Waals surface area contributed by atoms with E-state index in [0.29, 0.717) is 11.8 Å². The van der Waals surface area contributed by atoms with E-state index in [1.165, 1.54) is 22.6 Å². The number of ether oxygens (including phenoxy) is 1. The van der Waals surface area contributed by atoms with Crippen molar-refractivity contribution in [2.45, 2.75) is 25.5 Å². The van der Waals surface area contributed by atoms with E-state index in [9.17, 15) is 36.9 Å². The molecule has 2 heterocycles. The van der Waals surface area contributed by atoms with Gasteiger partial charge in [-0.2, -0.15) is 14.1 Å². The summed E-state index contributed by atoms with van der Waals surface area (Å²) in [7, 11) is -4.06. The summed E-state index contributed by atoms with van der Waals surface area (Å²) in [6, 6.07) is 6.35. The van der Waals surface area contributed by atoms with Crippen LogP contribution in [0, 0.1) is 27.2 Å². The SMILES string of the molecule is CC1(COc2c(N3CCN(S(=O)(=O)Cc4cccc(C(N)=O)c4[N+](=O)[O-])CC3)cnn(-c3cc(F)cc(F)c3)c2=O)CC1. The average Bonchev–Trinajstić information content (AvgIpc) is 3.68. The van der Waals surface area contributed by atoms with E-state index < -0.39 is 55.1 Å². The maximum Gasteiger partial charge on any atom is 0.316 e. The number of nitrogens with zero attached hydrogens (tertiary/aromatic N) is 5. The third kappa shape index (κ3) is 6.34. The van der Waals surface area contributed by atoms with E-state index in [-0.39, 0.29) is 55.2 Å². The van der Waals surface area contributed by atoms with Gasteiger partial charge >= 0.3 is 5.56 Å². The first-order valence-corrected chi connectivity index (χ1v) is 14.9. The first kappa shape index (κ1) is 30.0. The van der Waals surface area contributed by atoms with Gasteiger partial charge in [0.25, 0.3) is 11.6 Å². The summed E-state index contributed by atoms with van der Waals surface area (Å²) >= 11 is 0. The highest BCUT2D eigenvalue weighted by molar-refractivity contribution is 7.88. The first-order valence-electron chi connectivity index (χ1n) is 13.3. The number of anilines is 1. The van der Waals surface area contributed by atoms with Gasteiger partial charge in [-0.25, -0.2) is 17.2 Å². The molecule has 228 valence electrons. The normalized spacial score (nSPS) is 16.6. The Balaban J connectivity index is 1.39. The lowest BCUT2D eigenvalue weighted by Gasteiger charge is -2.35. The van der Waals surface area contributed by atoms with E-state index >= 15 is 0 Å². The number of para-hydroxylation sites is 1. The molecule has 1 saturated heterocycles. The molecule has 0 radical (unpaired) electrons. The molecule has 1 aromatic heterocycles. The summed E-state index contributed by atoms with van der Waals surface area (Å²) in [5, 5.41) is 15.8. The molecular formula is C27H28F2N6O7S. The number of rotatable bonds is 10. The number of benzene rings is 2. The topological polar surface area (TPSA) is 171 Å². The van der Waals surface area contributed by atoms with Crippen LogP contribution in [-0.2, 0) is 15.8 Å². The fourth-order valence-corrected chi connectivity index (χ4v) is 6.39. The second-order valence-corrected chi connectivity index (χ2v) is 12.8. The average molecular weight is 619 g/mol. The molecule has 2 aromatic carbocycles. The summed E-state index contributed by atoms with van der Waals surface area (Å²) in [6.07, 6.45) is 3.15. The molecule has 13 nitrogen and oxygen atoms in total. The fourth-order valence-electron chi connectivity index (χ4n) is 4.86. The van der Waals surface area contributed by atoms with Gasteiger partial charge in [-0.15, -0.1) is 0 Å². The van der Waals surface area contributed by atoms with Crippen LogP contribution in [0.3, 0.4) is 0 Å². The second kappa shape index (κ2) is 11.3. The number of nitrogens with two attached hydrogens (primary N) is 1. The number of piperazine rings is 1. The molecule has 0 bridgehead atoms. The zero-order chi connectivity index (χ0) is 31.1. The maximum atomic E-state index is 13.9. The molecule has 16 heteroatoms. The predicted molar refractivity (Wildman–Crippen MR) is 151 cm³/mol. The lowest BCUT2D eigenvalue weighted by molar-refractivity contribution is -0.385. The number of amides is 1. The number of nitro benzene ring substituents is 1. The molecule has 0 spiro atoms. The lowest BCUT2D eigenvalue weighted by atomic mass is 10.1. The van der Waals surface area contributed by atoms with Gasteiger partial charge in [0.15, 0.2) is 0 Å². The molecule has 2 fully saturated rings. The molecule has 5 rings (SSSR count). The van der Waals surface area contributed by atoms with Crippen LogP contribution in [0.5, 0.6) is 5.75 Å². The Kier molecular flexibility index (Phi) is 7.91. The van der Waals surface area contributed by atoms with Crippen LogP contribution in [0.4, 0.5) is 20.2 Å². The fraction of sp³-hybridized carbons (Fsp3) is 0.370. The van der Waals surface area contributed by atoms with Crippen molar-refractivity contribution < 1.29 is 31.7 Å². The zero-order valence-corrected chi connectivity index (χ0v) is 23.9. The van der Waals surface area contributed by atoms with Crippen molar-refractivity contribution in [2.75, 3.05) is 37.7 Å². The molecule has 1 amide bonds. The smallest absolute Gasteiger partial charge is 0.316 e. The van der Waals surface area contributed by atoms with Gasteiger partial charge < -0.3 is 15.4 Å².